The summed E-state index contributed by atoms with van der Waals surface area (Å²) in [6.45, 7) is 29.8. The minimum absolute atomic E-state index is 0.0993. The van der Waals surface area contributed by atoms with E-state index in [1.165, 1.54) is 18.3 Å². The van der Waals surface area contributed by atoms with Crippen molar-refractivity contribution in [2.75, 3.05) is 14.2 Å². The second-order valence-electron chi connectivity index (χ2n) is 18.4. The van der Waals surface area contributed by atoms with E-state index in [2.05, 4.69) is 121 Å². The molecule has 0 aliphatic heterocycles. The number of ether oxygens (including phenoxy) is 2. The standard InChI is InChI=1S/C43H62N2O6/c1-26(2)20-35(44-25-27-18-17-19-34(36(27)46)45(48)49)43(47,28-21-30(39(3,4)5)37(50-15)31(22-28)40(6,7)8)29-23-32(41(9,10)11)38(51-16)33(24-29)42(12,13)14/h17-19,21-26,35,46-47H,20H2,1-16H3. The van der Waals surface area contributed by atoms with E-state index in [0.29, 0.717) is 17.5 Å². The fraction of sp³-hybridized carbons (Fsp3) is 0.558. The van der Waals surface area contributed by atoms with Crippen molar-refractivity contribution in [3.8, 4) is 17.2 Å². The summed E-state index contributed by atoms with van der Waals surface area (Å²) in [5.74, 6) is 1.20. The van der Waals surface area contributed by atoms with Crippen molar-refractivity contribution in [1.82, 2.24) is 0 Å². The SMILES string of the molecule is COc1c(C(C)(C)C)cc(C(O)(c2cc(C(C)(C)C)c(OC)c(C(C)(C)C)c2)C(CC(C)C)N=Cc2cccc([N+](=O)[O-])c2O)cc1C(C)(C)C. The van der Waals surface area contributed by atoms with Gasteiger partial charge in [0.15, 0.2) is 0 Å². The van der Waals surface area contributed by atoms with Crippen LogP contribution in [0.5, 0.6) is 17.2 Å². The highest BCUT2D eigenvalue weighted by atomic mass is 16.6. The van der Waals surface area contributed by atoms with Crippen molar-refractivity contribution in [1.29, 1.82) is 0 Å². The summed E-state index contributed by atoms with van der Waals surface area (Å²) in [5, 5.41) is 36.4. The molecule has 1 atom stereocenters. The van der Waals surface area contributed by atoms with Crippen LogP contribution in [0.25, 0.3) is 0 Å². The predicted octanol–water partition coefficient (Wildman–Crippen LogP) is 10.3. The van der Waals surface area contributed by atoms with E-state index in [1.54, 1.807) is 20.3 Å². The number of nitrogens with zero attached hydrogens (tertiary/aromatic N) is 2. The van der Waals surface area contributed by atoms with Gasteiger partial charge in [0, 0.05) is 40.1 Å². The number of aliphatic imine (C=N–C) groups is 1. The van der Waals surface area contributed by atoms with E-state index in [-0.39, 0.29) is 33.1 Å². The fourth-order valence-electron chi connectivity index (χ4n) is 6.67. The first-order chi connectivity index (χ1) is 23.2. The summed E-state index contributed by atoms with van der Waals surface area (Å²) < 4.78 is 12.2. The first kappa shape index (κ1) is 41.5. The summed E-state index contributed by atoms with van der Waals surface area (Å²) >= 11 is 0. The monoisotopic (exact) mass is 702 g/mol. The number of para-hydroxylation sites is 1. The maximum atomic E-state index is 13.9. The van der Waals surface area contributed by atoms with Gasteiger partial charge in [0.1, 0.15) is 17.1 Å². The van der Waals surface area contributed by atoms with Gasteiger partial charge in [0.05, 0.1) is 25.2 Å². The third kappa shape index (κ3) is 8.77. The first-order valence-corrected chi connectivity index (χ1v) is 17.9. The van der Waals surface area contributed by atoms with Crippen molar-refractivity contribution in [2.45, 2.75) is 137 Å². The number of aromatic hydroxyl groups is 1. The van der Waals surface area contributed by atoms with E-state index in [0.717, 1.165) is 33.8 Å². The van der Waals surface area contributed by atoms with Gasteiger partial charge in [-0.3, -0.25) is 15.1 Å². The minimum Gasteiger partial charge on any atom is -0.502 e. The van der Waals surface area contributed by atoms with Gasteiger partial charge in [-0.25, -0.2) is 0 Å². The van der Waals surface area contributed by atoms with Crippen LogP contribution >= 0.6 is 0 Å². The van der Waals surface area contributed by atoms with Crippen LogP contribution in [0.3, 0.4) is 0 Å². The van der Waals surface area contributed by atoms with Gasteiger partial charge in [-0.05, 0) is 75.5 Å². The third-order valence-electron chi connectivity index (χ3n) is 9.51. The van der Waals surface area contributed by atoms with E-state index in [4.69, 9.17) is 14.5 Å². The summed E-state index contributed by atoms with van der Waals surface area (Å²) in [4.78, 5) is 16.1. The van der Waals surface area contributed by atoms with Gasteiger partial charge in [-0.15, -0.1) is 0 Å². The molecule has 0 aliphatic rings. The lowest BCUT2D eigenvalue weighted by atomic mass is 9.70. The number of benzene rings is 3. The summed E-state index contributed by atoms with van der Waals surface area (Å²) in [5.41, 5.74) is 1.83. The van der Waals surface area contributed by atoms with Crippen LogP contribution in [0.15, 0.2) is 47.5 Å². The lowest BCUT2D eigenvalue weighted by Gasteiger charge is -2.40. The van der Waals surface area contributed by atoms with Gasteiger partial charge in [-0.2, -0.15) is 0 Å². The van der Waals surface area contributed by atoms with E-state index in [1.807, 2.05) is 0 Å². The van der Waals surface area contributed by atoms with Crippen LogP contribution in [0.2, 0.25) is 0 Å². The van der Waals surface area contributed by atoms with E-state index >= 15 is 0 Å². The quantitative estimate of drug-likeness (QED) is 0.123. The third-order valence-corrected chi connectivity index (χ3v) is 9.51. The Morgan fingerprint density at radius 1 is 0.745 bits per heavy atom. The average Bonchev–Trinajstić information content (AvgIpc) is 2.99. The van der Waals surface area contributed by atoms with Gasteiger partial charge >= 0.3 is 5.69 Å². The molecule has 0 spiro atoms. The van der Waals surface area contributed by atoms with Crippen LogP contribution < -0.4 is 9.47 Å². The molecule has 1 unspecified atom stereocenters. The van der Waals surface area contributed by atoms with Crippen LogP contribution in [0.4, 0.5) is 5.69 Å². The largest absolute Gasteiger partial charge is 0.502 e. The molecule has 0 aliphatic carbocycles. The van der Waals surface area contributed by atoms with Crippen molar-refractivity contribution >= 4 is 11.9 Å². The molecule has 2 N–H and O–H groups in total. The van der Waals surface area contributed by atoms with Crippen LogP contribution in [0, 0.1) is 16.0 Å². The molecule has 0 aromatic heterocycles. The van der Waals surface area contributed by atoms with E-state index in [9.17, 15) is 20.3 Å². The zero-order chi connectivity index (χ0) is 39.1. The van der Waals surface area contributed by atoms with Crippen molar-refractivity contribution in [3.05, 3.63) is 91.5 Å². The van der Waals surface area contributed by atoms with Gasteiger partial charge in [0.2, 0.25) is 5.75 Å². The molecule has 8 nitrogen and oxygen atoms in total. The molecular formula is C43H62N2O6. The lowest BCUT2D eigenvalue weighted by molar-refractivity contribution is -0.385. The Balaban J connectivity index is 2.67. The number of nitro benzene ring substituents is 1. The molecule has 3 aromatic rings. The van der Waals surface area contributed by atoms with Crippen LogP contribution in [-0.4, -0.2) is 41.6 Å². The highest BCUT2D eigenvalue weighted by Gasteiger charge is 2.45. The Morgan fingerprint density at radius 2 is 1.12 bits per heavy atom. The highest BCUT2D eigenvalue weighted by molar-refractivity contribution is 5.85. The highest BCUT2D eigenvalue weighted by Crippen LogP contribution is 2.49. The zero-order valence-electron chi connectivity index (χ0n) is 33.9. The number of hydrogen-bond acceptors (Lipinski definition) is 7. The number of phenols is 1. The van der Waals surface area contributed by atoms with Gasteiger partial charge in [0.25, 0.3) is 0 Å². The van der Waals surface area contributed by atoms with Crippen molar-refractivity contribution in [3.63, 3.8) is 0 Å². The van der Waals surface area contributed by atoms with Crippen LogP contribution in [-0.2, 0) is 27.3 Å². The van der Waals surface area contributed by atoms with Gasteiger partial charge < -0.3 is 19.7 Å². The number of methoxy groups -OCH3 is 2. The molecule has 0 bridgehead atoms. The smallest absolute Gasteiger partial charge is 0.311 e. The molecule has 0 amide bonds. The Morgan fingerprint density at radius 3 is 1.41 bits per heavy atom. The minimum atomic E-state index is -1.71. The molecule has 3 rings (SSSR count). The molecular weight excluding hydrogens is 640 g/mol. The molecule has 0 heterocycles. The number of hydrogen-bond donors (Lipinski definition) is 2. The molecule has 280 valence electrons. The molecule has 0 saturated heterocycles. The topological polar surface area (TPSA) is 114 Å². The summed E-state index contributed by atoms with van der Waals surface area (Å²) in [6.07, 6.45) is 1.92. The Bertz CT molecular complexity index is 1610. The molecule has 3 aromatic carbocycles. The Labute approximate surface area is 306 Å². The number of aliphatic hydroxyl groups is 1. The fourth-order valence-corrected chi connectivity index (χ4v) is 6.67. The molecule has 0 fully saturated rings. The zero-order valence-corrected chi connectivity index (χ0v) is 33.9. The molecule has 51 heavy (non-hydrogen) atoms. The maximum Gasteiger partial charge on any atom is 0.311 e. The summed E-state index contributed by atoms with van der Waals surface area (Å²) in [7, 11) is 3.38. The van der Waals surface area contributed by atoms with Crippen molar-refractivity contribution < 1.29 is 24.6 Å². The molecule has 8 heteroatoms. The lowest BCUT2D eigenvalue weighted by Crippen LogP contribution is -2.42. The normalized spacial score (nSPS) is 13.9. The van der Waals surface area contributed by atoms with Crippen LogP contribution in [0.1, 0.15) is 142 Å². The first-order valence-electron chi connectivity index (χ1n) is 17.9. The average molecular weight is 703 g/mol. The molecule has 0 radical (unpaired) electrons. The van der Waals surface area contributed by atoms with Crippen molar-refractivity contribution in [2.24, 2.45) is 10.9 Å². The summed E-state index contributed by atoms with van der Waals surface area (Å²) in [6, 6.07) is 11.8. The number of nitro groups is 1. The number of rotatable bonds is 10. The predicted molar refractivity (Wildman–Crippen MR) is 209 cm³/mol. The van der Waals surface area contributed by atoms with E-state index < -0.39 is 28.0 Å². The Hall–Kier alpha value is -3.91. The second kappa shape index (κ2) is 14.6. The Kier molecular flexibility index (Phi) is 11.9. The second-order valence-corrected chi connectivity index (χ2v) is 18.4. The maximum absolute atomic E-state index is 13.9. The number of phenolic OH excluding ortho intramolecular Hbond substituents is 1. The van der Waals surface area contributed by atoms with Gasteiger partial charge in [-0.1, -0.05) is 103 Å². The molecule has 0 saturated carbocycles.